The molecule has 1 amide bonds. The fraction of sp³-hybridized carbons (Fsp3) is 0.333. The fourth-order valence-corrected chi connectivity index (χ4v) is 3.13. The quantitative estimate of drug-likeness (QED) is 0.817. The first kappa shape index (κ1) is 17.4. The molecule has 0 aliphatic carbocycles. The molecule has 6 nitrogen and oxygen atoms in total. The molecule has 132 valence electrons. The van der Waals surface area contributed by atoms with E-state index < -0.39 is 0 Å². The van der Waals surface area contributed by atoms with E-state index in [0.717, 1.165) is 44.0 Å². The molecule has 2 heterocycles. The Balaban J connectivity index is 1.62. The smallest absolute Gasteiger partial charge is 0.253 e. The van der Waals surface area contributed by atoms with Gasteiger partial charge in [-0.05, 0) is 49.0 Å². The van der Waals surface area contributed by atoms with Gasteiger partial charge in [-0.1, -0.05) is 6.07 Å². The van der Waals surface area contributed by atoms with Crippen LogP contribution in [0.5, 0.6) is 0 Å². The lowest BCUT2D eigenvalue weighted by Crippen LogP contribution is -2.35. The fourth-order valence-electron chi connectivity index (χ4n) is 3.01. The summed E-state index contributed by atoms with van der Waals surface area (Å²) in [6, 6.07) is 11.1. The van der Waals surface area contributed by atoms with Gasteiger partial charge in [0.2, 0.25) is 0 Å². The minimum atomic E-state index is 0.0337. The molecule has 3 rings (SSSR count). The zero-order chi connectivity index (χ0) is 17.6. The van der Waals surface area contributed by atoms with Crippen LogP contribution in [0.25, 0.3) is 0 Å². The van der Waals surface area contributed by atoms with E-state index in [1.54, 1.807) is 12.3 Å². The largest absolute Gasteiger partial charge is 0.468 e. The van der Waals surface area contributed by atoms with Gasteiger partial charge in [-0.25, -0.2) is 0 Å². The molecule has 1 aliphatic heterocycles. The summed E-state index contributed by atoms with van der Waals surface area (Å²) in [5.74, 6) is 0.989. The van der Waals surface area contributed by atoms with Crippen molar-refractivity contribution in [3.05, 3.63) is 54.0 Å². The molecule has 3 N–H and O–H groups in total. The normalized spacial score (nSPS) is 15.6. The number of nitrogens with zero attached hydrogens (tertiary/aromatic N) is 2. The number of carbonyl (C=O) groups is 1. The van der Waals surface area contributed by atoms with Crippen molar-refractivity contribution in [1.29, 1.82) is 0 Å². The van der Waals surface area contributed by atoms with Crippen LogP contribution in [0, 0.1) is 0 Å². The third-order valence-corrected chi connectivity index (χ3v) is 4.31. The number of hydrogen-bond acceptors (Lipinski definition) is 4. The minimum Gasteiger partial charge on any atom is -0.468 e. The lowest BCUT2D eigenvalue weighted by Gasteiger charge is -2.22. The van der Waals surface area contributed by atoms with Crippen LogP contribution in [0.2, 0.25) is 0 Å². The Morgan fingerprint density at radius 3 is 2.84 bits per heavy atom. The van der Waals surface area contributed by atoms with Gasteiger partial charge in [-0.15, -0.1) is 0 Å². The highest BCUT2D eigenvalue weighted by atomic mass is 32.1. The van der Waals surface area contributed by atoms with Crippen LogP contribution in [-0.2, 0) is 6.54 Å². The first-order valence-corrected chi connectivity index (χ1v) is 8.73. The van der Waals surface area contributed by atoms with Crippen LogP contribution < -0.4 is 11.1 Å². The van der Waals surface area contributed by atoms with Gasteiger partial charge in [0, 0.05) is 37.4 Å². The van der Waals surface area contributed by atoms with E-state index in [2.05, 4.69) is 10.2 Å². The first-order valence-electron chi connectivity index (χ1n) is 8.32. The summed E-state index contributed by atoms with van der Waals surface area (Å²) in [6.45, 7) is 4.01. The SMILES string of the molecule is NC(=S)Nc1cccc(C(=O)N2CCCN(Cc3ccco3)CC2)c1. The molecule has 1 aromatic heterocycles. The van der Waals surface area contributed by atoms with Crippen LogP contribution in [0.1, 0.15) is 22.5 Å². The highest BCUT2D eigenvalue weighted by Gasteiger charge is 2.21. The first-order chi connectivity index (χ1) is 12.1. The number of rotatable bonds is 4. The van der Waals surface area contributed by atoms with Gasteiger partial charge in [0.25, 0.3) is 5.91 Å². The van der Waals surface area contributed by atoms with E-state index in [1.165, 1.54) is 0 Å². The molecule has 1 fully saturated rings. The van der Waals surface area contributed by atoms with E-state index >= 15 is 0 Å². The molecule has 25 heavy (non-hydrogen) atoms. The van der Waals surface area contributed by atoms with Crippen LogP contribution in [0.3, 0.4) is 0 Å². The zero-order valence-electron chi connectivity index (χ0n) is 14.0. The molecular formula is C18H22N4O2S. The number of nitrogens with two attached hydrogens (primary N) is 1. The molecule has 1 aromatic carbocycles. The van der Waals surface area contributed by atoms with E-state index in [0.29, 0.717) is 12.1 Å². The Morgan fingerprint density at radius 2 is 2.08 bits per heavy atom. The van der Waals surface area contributed by atoms with Gasteiger partial charge in [0.05, 0.1) is 12.8 Å². The van der Waals surface area contributed by atoms with Gasteiger partial charge in [0.15, 0.2) is 5.11 Å². The molecule has 0 unspecified atom stereocenters. The number of thiocarbonyl (C=S) groups is 1. The Hall–Kier alpha value is -2.38. The van der Waals surface area contributed by atoms with Crippen molar-refractivity contribution < 1.29 is 9.21 Å². The molecule has 1 saturated heterocycles. The minimum absolute atomic E-state index is 0.0337. The van der Waals surface area contributed by atoms with Gasteiger partial charge in [-0.2, -0.15) is 0 Å². The zero-order valence-corrected chi connectivity index (χ0v) is 14.8. The van der Waals surface area contributed by atoms with Crippen molar-refractivity contribution in [1.82, 2.24) is 9.80 Å². The van der Waals surface area contributed by atoms with Crippen LogP contribution in [0.4, 0.5) is 5.69 Å². The van der Waals surface area contributed by atoms with Crippen molar-refractivity contribution in [2.24, 2.45) is 5.73 Å². The lowest BCUT2D eigenvalue weighted by molar-refractivity contribution is 0.0761. The number of amides is 1. The van der Waals surface area contributed by atoms with Crippen LogP contribution in [0.15, 0.2) is 47.1 Å². The molecule has 1 aliphatic rings. The third kappa shape index (κ3) is 4.80. The Labute approximate surface area is 152 Å². The summed E-state index contributed by atoms with van der Waals surface area (Å²) in [4.78, 5) is 17.0. The second-order valence-corrected chi connectivity index (χ2v) is 6.51. The summed E-state index contributed by atoms with van der Waals surface area (Å²) in [7, 11) is 0. The topological polar surface area (TPSA) is 74.7 Å². The molecule has 0 atom stereocenters. The second-order valence-electron chi connectivity index (χ2n) is 6.07. The molecular weight excluding hydrogens is 336 g/mol. The standard InChI is InChI=1S/C18H22N4O2S/c19-18(25)20-15-5-1-4-14(12-15)17(23)22-8-3-7-21(9-10-22)13-16-6-2-11-24-16/h1-2,4-6,11-12H,3,7-10,13H2,(H3,19,20,25). The number of anilines is 1. The maximum atomic E-state index is 12.8. The number of carbonyl (C=O) groups excluding carboxylic acids is 1. The lowest BCUT2D eigenvalue weighted by atomic mass is 10.1. The van der Waals surface area contributed by atoms with E-state index in [4.69, 9.17) is 22.4 Å². The van der Waals surface area contributed by atoms with Gasteiger partial charge in [0.1, 0.15) is 5.76 Å². The van der Waals surface area contributed by atoms with Crippen molar-refractivity contribution >= 4 is 28.9 Å². The number of furan rings is 1. The number of hydrogen-bond donors (Lipinski definition) is 2. The third-order valence-electron chi connectivity index (χ3n) is 4.21. The van der Waals surface area contributed by atoms with Gasteiger partial charge in [-0.3, -0.25) is 9.69 Å². The highest BCUT2D eigenvalue weighted by molar-refractivity contribution is 7.80. The highest BCUT2D eigenvalue weighted by Crippen LogP contribution is 2.15. The summed E-state index contributed by atoms with van der Waals surface area (Å²) >= 11 is 4.85. The average molecular weight is 358 g/mol. The molecule has 2 aromatic rings. The van der Waals surface area contributed by atoms with Crippen LogP contribution >= 0.6 is 12.2 Å². The molecule has 0 saturated carbocycles. The van der Waals surface area contributed by atoms with E-state index in [9.17, 15) is 4.79 Å². The van der Waals surface area contributed by atoms with Gasteiger partial charge >= 0.3 is 0 Å². The maximum absolute atomic E-state index is 12.8. The Kier molecular flexibility index (Phi) is 5.67. The van der Waals surface area contributed by atoms with Crippen molar-refractivity contribution in [2.45, 2.75) is 13.0 Å². The van der Waals surface area contributed by atoms with Crippen molar-refractivity contribution in [3.8, 4) is 0 Å². The predicted molar refractivity (Wildman–Crippen MR) is 101 cm³/mol. The Bertz CT molecular complexity index is 732. The van der Waals surface area contributed by atoms with Crippen LogP contribution in [-0.4, -0.2) is 47.0 Å². The summed E-state index contributed by atoms with van der Waals surface area (Å²) < 4.78 is 5.42. The maximum Gasteiger partial charge on any atom is 0.253 e. The second kappa shape index (κ2) is 8.13. The molecule has 0 bridgehead atoms. The molecule has 7 heteroatoms. The number of benzene rings is 1. The summed E-state index contributed by atoms with van der Waals surface area (Å²) in [5.41, 5.74) is 6.87. The summed E-state index contributed by atoms with van der Waals surface area (Å²) in [5, 5.41) is 3.05. The monoisotopic (exact) mass is 358 g/mol. The number of nitrogens with one attached hydrogen (secondary N) is 1. The van der Waals surface area contributed by atoms with E-state index in [1.807, 2.05) is 35.2 Å². The van der Waals surface area contributed by atoms with Gasteiger partial charge < -0.3 is 20.4 Å². The molecule has 0 spiro atoms. The average Bonchev–Trinajstić information content (AvgIpc) is 2.98. The molecule has 0 radical (unpaired) electrons. The Morgan fingerprint density at radius 1 is 1.20 bits per heavy atom. The van der Waals surface area contributed by atoms with Crippen molar-refractivity contribution in [2.75, 3.05) is 31.5 Å². The van der Waals surface area contributed by atoms with E-state index in [-0.39, 0.29) is 11.0 Å². The van der Waals surface area contributed by atoms with Crippen molar-refractivity contribution in [3.63, 3.8) is 0 Å². The predicted octanol–water partition coefficient (Wildman–Crippen LogP) is 2.28. The summed E-state index contributed by atoms with van der Waals surface area (Å²) in [6.07, 6.45) is 2.63.